The molecule has 0 bridgehead atoms. The number of hydrogen-bond donors (Lipinski definition) is 2. The molecule has 226 valence electrons. The number of aliphatic hydroxyl groups excluding tert-OH is 1. The van der Waals surface area contributed by atoms with Crippen LogP contribution in [0.3, 0.4) is 0 Å². The van der Waals surface area contributed by atoms with Crippen LogP contribution < -0.4 is 14.8 Å². The summed E-state index contributed by atoms with van der Waals surface area (Å²) in [5.74, 6) is -2.07. The maximum atomic E-state index is 13.6. The summed E-state index contributed by atoms with van der Waals surface area (Å²) in [6.45, 7) is 1.40. The van der Waals surface area contributed by atoms with E-state index in [1.807, 2.05) is 0 Å². The zero-order valence-corrected chi connectivity index (χ0v) is 24.3. The number of benzene rings is 2. The summed E-state index contributed by atoms with van der Waals surface area (Å²) in [5.41, 5.74) is -1.36. The van der Waals surface area contributed by atoms with E-state index in [0.29, 0.717) is 30.8 Å². The number of methoxy groups -OCH3 is 2. The Bertz CT molecular complexity index is 1260. The molecule has 42 heavy (non-hydrogen) atoms. The summed E-state index contributed by atoms with van der Waals surface area (Å²) >= 11 is 0.940. The molecular weight excluding hydrogens is 568 g/mol. The van der Waals surface area contributed by atoms with E-state index in [2.05, 4.69) is 5.32 Å². The summed E-state index contributed by atoms with van der Waals surface area (Å²) in [4.78, 5) is 52.6. The Hall–Kier alpha value is -3.65. The third-order valence-corrected chi connectivity index (χ3v) is 8.08. The topological polar surface area (TPSA) is 150 Å². The third kappa shape index (κ3) is 7.04. The second kappa shape index (κ2) is 14.0. The second-order valence-electron chi connectivity index (χ2n) is 9.78. The molecule has 0 radical (unpaired) electrons. The van der Waals surface area contributed by atoms with Crippen LogP contribution in [0.5, 0.6) is 11.5 Å². The number of ether oxygens (including phenoxy) is 5. The van der Waals surface area contributed by atoms with Crippen molar-refractivity contribution in [3.63, 3.8) is 0 Å². The number of amides is 2. The minimum atomic E-state index is -2.03. The van der Waals surface area contributed by atoms with E-state index in [9.17, 15) is 24.3 Å². The van der Waals surface area contributed by atoms with Crippen LogP contribution in [-0.4, -0.2) is 89.7 Å². The van der Waals surface area contributed by atoms with Crippen molar-refractivity contribution in [3.8, 4) is 11.5 Å². The van der Waals surface area contributed by atoms with E-state index < -0.39 is 41.2 Å². The molecule has 12 nitrogen and oxygen atoms in total. The number of rotatable bonds is 14. The van der Waals surface area contributed by atoms with Crippen LogP contribution in [0.25, 0.3) is 0 Å². The van der Waals surface area contributed by atoms with Gasteiger partial charge in [-0.2, -0.15) is 0 Å². The first-order chi connectivity index (χ1) is 20.2. The lowest BCUT2D eigenvalue weighted by Gasteiger charge is -2.54. The molecule has 0 saturated carbocycles. The lowest BCUT2D eigenvalue weighted by Crippen LogP contribution is -2.83. The normalized spacial score (nSPS) is 24.0. The molecule has 4 rings (SSSR count). The van der Waals surface area contributed by atoms with E-state index in [-0.39, 0.29) is 30.0 Å². The predicted molar refractivity (Wildman–Crippen MR) is 150 cm³/mol. The molecule has 2 fully saturated rings. The van der Waals surface area contributed by atoms with Crippen LogP contribution >= 0.6 is 11.8 Å². The summed E-state index contributed by atoms with van der Waals surface area (Å²) in [5, 5.41) is 12.3. The van der Waals surface area contributed by atoms with Crippen molar-refractivity contribution in [2.24, 2.45) is 0 Å². The van der Waals surface area contributed by atoms with Crippen molar-refractivity contribution >= 4 is 35.3 Å². The van der Waals surface area contributed by atoms with E-state index >= 15 is 0 Å². The summed E-state index contributed by atoms with van der Waals surface area (Å²) in [6.07, 6.45) is -1.71. The fourth-order valence-electron chi connectivity index (χ4n) is 4.71. The Labute approximate surface area is 247 Å². The number of carbonyl (C=O) groups excluding carboxylic acids is 4. The van der Waals surface area contributed by atoms with Gasteiger partial charge in [0.2, 0.25) is 12.1 Å². The quantitative estimate of drug-likeness (QED) is 0.185. The monoisotopic (exact) mass is 602 g/mol. The van der Waals surface area contributed by atoms with E-state index in [4.69, 9.17) is 23.7 Å². The molecule has 0 aliphatic carbocycles. The van der Waals surface area contributed by atoms with Crippen LogP contribution in [0.1, 0.15) is 25.3 Å². The molecule has 0 spiro atoms. The number of carbonyl (C=O) groups is 4. The molecule has 2 heterocycles. The highest BCUT2D eigenvalue weighted by molar-refractivity contribution is 8.00. The zero-order chi connectivity index (χ0) is 30.3. The molecule has 5 atom stereocenters. The number of Topliss-reactive ketones (excluding diaryl/α,β-unsaturated/α-hetero) is 1. The van der Waals surface area contributed by atoms with Crippen LogP contribution in [0.2, 0.25) is 0 Å². The highest BCUT2D eigenvalue weighted by atomic mass is 32.2. The molecule has 2 amide bonds. The van der Waals surface area contributed by atoms with Gasteiger partial charge in [0.25, 0.3) is 11.6 Å². The fraction of sp³-hybridized carbons (Fsp3) is 0.448. The van der Waals surface area contributed by atoms with Gasteiger partial charge >= 0.3 is 5.97 Å². The van der Waals surface area contributed by atoms with Crippen molar-refractivity contribution in [2.45, 2.75) is 55.9 Å². The number of aliphatic hydroxyl groups is 1. The van der Waals surface area contributed by atoms with Gasteiger partial charge in [-0.05, 0) is 42.7 Å². The molecule has 2 aromatic carbocycles. The first-order valence-electron chi connectivity index (χ1n) is 13.3. The van der Waals surface area contributed by atoms with Crippen molar-refractivity contribution in [1.29, 1.82) is 0 Å². The molecule has 2 aromatic rings. The Morgan fingerprint density at radius 1 is 1.10 bits per heavy atom. The molecule has 2 N–H and O–H groups in total. The number of nitrogens with zero attached hydrogens (tertiary/aromatic N) is 1. The van der Waals surface area contributed by atoms with Gasteiger partial charge in [-0.15, -0.1) is 11.8 Å². The maximum Gasteiger partial charge on any atom is 0.356 e. The first kappa shape index (κ1) is 31.3. The number of esters is 1. The Kier molecular flexibility index (Phi) is 10.4. The third-order valence-electron chi connectivity index (χ3n) is 6.75. The number of likely N-dealkylation sites (tertiary alicyclic amines) is 1. The van der Waals surface area contributed by atoms with Crippen molar-refractivity contribution in [2.75, 3.05) is 26.6 Å². The Balaban J connectivity index is 1.52. The lowest BCUT2D eigenvalue weighted by atomic mass is 10.0. The Morgan fingerprint density at radius 2 is 1.81 bits per heavy atom. The molecule has 13 heteroatoms. The van der Waals surface area contributed by atoms with E-state index in [0.717, 1.165) is 16.7 Å². The lowest BCUT2D eigenvalue weighted by molar-refractivity contribution is -0.209. The summed E-state index contributed by atoms with van der Waals surface area (Å²) < 4.78 is 27.3. The van der Waals surface area contributed by atoms with Crippen LogP contribution in [0, 0.1) is 0 Å². The van der Waals surface area contributed by atoms with E-state index in [1.54, 1.807) is 61.7 Å². The largest absolute Gasteiger partial charge is 0.497 e. The second-order valence-corrected chi connectivity index (χ2v) is 10.9. The fourth-order valence-corrected chi connectivity index (χ4v) is 6.03. The van der Waals surface area contributed by atoms with Gasteiger partial charge in [0.05, 0.1) is 25.6 Å². The van der Waals surface area contributed by atoms with E-state index in [1.165, 1.54) is 14.0 Å². The Morgan fingerprint density at radius 3 is 2.45 bits per heavy atom. The van der Waals surface area contributed by atoms with Gasteiger partial charge in [0.15, 0.2) is 11.2 Å². The molecule has 0 aromatic heterocycles. The summed E-state index contributed by atoms with van der Waals surface area (Å²) in [7, 11) is 3.08. The van der Waals surface area contributed by atoms with Crippen molar-refractivity contribution < 1.29 is 48.0 Å². The van der Waals surface area contributed by atoms with Crippen LogP contribution in [0.4, 0.5) is 0 Å². The highest BCUT2D eigenvalue weighted by Crippen LogP contribution is 2.42. The minimum absolute atomic E-state index is 0.147. The van der Waals surface area contributed by atoms with Crippen LogP contribution in [-0.2, 0) is 40.0 Å². The van der Waals surface area contributed by atoms with Gasteiger partial charge < -0.3 is 34.1 Å². The van der Waals surface area contributed by atoms with Gasteiger partial charge in [0.1, 0.15) is 24.2 Å². The number of hydrogen-bond acceptors (Lipinski definition) is 11. The van der Waals surface area contributed by atoms with Gasteiger partial charge in [-0.1, -0.05) is 30.3 Å². The standard InChI is InChI=1S/C29H34N2O10S/c1-18(32)30-29(41-21-7-5-4-6-8-21)27(36)31(25(34)26(35)39-15-19-9-11-20(38-3)12-10-19)28(29)42-17-23(33)24-14-13-22(40-24)16-37-2/h4-12,22,24-25,28,34H,13-17H2,1-3H3,(H,30,32)/t22?,24?,25?,28-,29-/m1/s1. The number of nitrogens with one attached hydrogen (secondary N) is 1. The number of thioether (sulfide) groups is 1. The SMILES string of the molecule is COCC1CCC(C(=O)CS[C@H]2N(C(O)C(=O)OCc3ccc(OC)cc3)C(=O)[C@@]2(NC(C)=O)Oc2ccccc2)O1. The summed E-state index contributed by atoms with van der Waals surface area (Å²) in [6, 6.07) is 15.1. The number of β-lactam (4-membered cyclic amide) rings is 1. The first-order valence-corrected chi connectivity index (χ1v) is 14.3. The van der Waals surface area contributed by atoms with Gasteiger partial charge in [-0.25, -0.2) is 4.79 Å². The predicted octanol–water partition coefficient (Wildman–Crippen LogP) is 1.63. The molecule has 3 unspecified atom stereocenters. The average Bonchev–Trinajstić information content (AvgIpc) is 3.46. The highest BCUT2D eigenvalue weighted by Gasteiger charge is 2.67. The minimum Gasteiger partial charge on any atom is -0.497 e. The average molecular weight is 603 g/mol. The maximum absolute atomic E-state index is 13.6. The zero-order valence-electron chi connectivity index (χ0n) is 23.5. The smallest absolute Gasteiger partial charge is 0.356 e. The van der Waals surface area contributed by atoms with Gasteiger partial charge in [0, 0.05) is 14.0 Å². The number of ketones is 1. The molecule has 2 aliphatic rings. The van der Waals surface area contributed by atoms with Crippen LogP contribution in [0.15, 0.2) is 54.6 Å². The van der Waals surface area contributed by atoms with Crippen molar-refractivity contribution in [1.82, 2.24) is 10.2 Å². The van der Waals surface area contributed by atoms with Crippen molar-refractivity contribution in [3.05, 3.63) is 60.2 Å². The molecule has 2 aliphatic heterocycles. The number of para-hydroxylation sites is 1. The van der Waals surface area contributed by atoms with Gasteiger partial charge in [-0.3, -0.25) is 19.3 Å². The molecule has 2 saturated heterocycles. The molecular formula is C29H34N2O10S.